The first-order valence-corrected chi connectivity index (χ1v) is 11.3. The quantitative estimate of drug-likeness (QED) is 0.179. The maximum atomic E-state index is 11.3. The predicted molar refractivity (Wildman–Crippen MR) is 148 cm³/mol. The first kappa shape index (κ1) is 31.1. The van der Waals surface area contributed by atoms with Gasteiger partial charge in [0.2, 0.25) is 0 Å². The van der Waals surface area contributed by atoms with Crippen LogP contribution in [0.2, 0.25) is 0 Å². The van der Waals surface area contributed by atoms with Gasteiger partial charge in [0.05, 0.1) is 7.11 Å². The van der Waals surface area contributed by atoms with Gasteiger partial charge < -0.3 is 9.84 Å². The molecule has 0 amide bonds. The highest BCUT2D eigenvalue weighted by Crippen LogP contribution is 2.04. The normalized spacial score (nSPS) is 15.5. The van der Waals surface area contributed by atoms with Crippen molar-refractivity contribution in [2.24, 2.45) is 0 Å². The fourth-order valence-electron chi connectivity index (χ4n) is 2.33. The number of carboxylic acids is 1. The van der Waals surface area contributed by atoms with E-state index in [9.17, 15) is 9.59 Å². The maximum absolute atomic E-state index is 11.3. The largest absolute Gasteiger partial charge is 0.478 e. The molecule has 0 aliphatic heterocycles. The molecule has 0 rings (SSSR count). The average Bonchev–Trinajstić information content (AvgIpc) is 2.81. The molecule has 0 aromatic rings. The van der Waals surface area contributed by atoms with Crippen LogP contribution < -0.4 is 0 Å². The number of esters is 1. The highest BCUT2D eigenvalue weighted by atomic mass is 16.5. The Bertz CT molecular complexity index is 1060. The molecule has 0 atom stereocenters. The zero-order valence-corrected chi connectivity index (χ0v) is 21.9. The van der Waals surface area contributed by atoms with Gasteiger partial charge in [-0.2, -0.15) is 0 Å². The fourth-order valence-corrected chi connectivity index (χ4v) is 2.33. The molecular formula is C31H38O4. The van der Waals surface area contributed by atoms with Gasteiger partial charge in [0.25, 0.3) is 0 Å². The Labute approximate surface area is 210 Å². The van der Waals surface area contributed by atoms with E-state index < -0.39 is 5.97 Å². The first-order valence-electron chi connectivity index (χ1n) is 11.3. The van der Waals surface area contributed by atoms with Crippen molar-refractivity contribution in [1.82, 2.24) is 0 Å². The van der Waals surface area contributed by atoms with E-state index in [1.54, 1.807) is 32.1 Å². The molecule has 35 heavy (non-hydrogen) atoms. The third-order valence-electron chi connectivity index (χ3n) is 4.52. The summed E-state index contributed by atoms with van der Waals surface area (Å²) in [6.07, 6.45) is 30.7. The lowest BCUT2D eigenvalue weighted by molar-refractivity contribution is -0.136. The van der Waals surface area contributed by atoms with E-state index in [1.807, 2.05) is 107 Å². The second-order valence-electron chi connectivity index (χ2n) is 7.96. The number of ether oxygens (including phenoxy) is 1. The van der Waals surface area contributed by atoms with E-state index in [4.69, 9.17) is 5.11 Å². The van der Waals surface area contributed by atoms with Crippen molar-refractivity contribution >= 4 is 11.9 Å². The van der Waals surface area contributed by atoms with Crippen LogP contribution in [0, 0.1) is 0 Å². The summed E-state index contributed by atoms with van der Waals surface area (Å²) in [5.41, 5.74) is 5.18. The Morgan fingerprint density at radius 3 is 1.17 bits per heavy atom. The van der Waals surface area contributed by atoms with Crippen molar-refractivity contribution in [3.63, 3.8) is 0 Å². The van der Waals surface area contributed by atoms with Gasteiger partial charge >= 0.3 is 11.9 Å². The van der Waals surface area contributed by atoms with Crippen molar-refractivity contribution in [1.29, 1.82) is 0 Å². The summed E-state index contributed by atoms with van der Waals surface area (Å²) in [5.74, 6) is -1.24. The minimum atomic E-state index is -0.913. The van der Waals surface area contributed by atoms with Crippen LogP contribution >= 0.6 is 0 Å². The second-order valence-corrected chi connectivity index (χ2v) is 7.96. The van der Waals surface area contributed by atoms with E-state index >= 15 is 0 Å². The van der Waals surface area contributed by atoms with Crippen LogP contribution in [0.3, 0.4) is 0 Å². The average molecular weight is 475 g/mol. The molecule has 0 aliphatic carbocycles. The summed E-state index contributed by atoms with van der Waals surface area (Å²) in [6, 6.07) is 0. The molecule has 0 saturated carbocycles. The molecule has 186 valence electrons. The highest BCUT2D eigenvalue weighted by molar-refractivity contribution is 5.88. The molecular weight excluding hydrogens is 436 g/mol. The first-order chi connectivity index (χ1) is 16.6. The van der Waals surface area contributed by atoms with Gasteiger partial charge in [0, 0.05) is 11.1 Å². The SMILES string of the molecule is COC(=O)/C(C)=C/C=C/C(C)=C/C=C/C(C)=C/C=C/C=C(C)/C=C/C=C(C)/C=C/C=C(\C)C(=O)O. The summed E-state index contributed by atoms with van der Waals surface area (Å²) >= 11 is 0. The number of aliphatic carboxylic acids is 1. The Morgan fingerprint density at radius 2 is 0.829 bits per heavy atom. The van der Waals surface area contributed by atoms with E-state index in [1.165, 1.54) is 7.11 Å². The molecule has 0 radical (unpaired) electrons. The topological polar surface area (TPSA) is 63.6 Å². The van der Waals surface area contributed by atoms with Crippen molar-refractivity contribution in [3.8, 4) is 0 Å². The summed E-state index contributed by atoms with van der Waals surface area (Å²) in [4.78, 5) is 22.1. The zero-order chi connectivity index (χ0) is 26.6. The molecule has 0 heterocycles. The third-order valence-corrected chi connectivity index (χ3v) is 4.52. The molecule has 0 spiro atoms. The Balaban J connectivity index is 4.79. The van der Waals surface area contributed by atoms with E-state index in [0.29, 0.717) is 11.1 Å². The van der Waals surface area contributed by atoms with E-state index in [-0.39, 0.29) is 5.97 Å². The standard InChI is InChI=1S/C31H38O4/c1-24(16-10-18-26(3)20-12-22-28(5)30(32)33)14-8-9-15-25(2)17-11-19-27(4)21-13-23-29(6)31(34)35-7/h8-23H,1-7H3,(H,32,33)/b9-8+,16-10+,17-11+,20-12+,21-13+,24-14+,25-15+,26-18+,27-19+,28-22+,29-23+. The maximum Gasteiger partial charge on any atom is 0.333 e. The molecule has 0 aliphatic rings. The van der Waals surface area contributed by atoms with Crippen LogP contribution in [-0.2, 0) is 14.3 Å². The van der Waals surface area contributed by atoms with Gasteiger partial charge in [0.1, 0.15) is 0 Å². The van der Waals surface area contributed by atoms with Gasteiger partial charge in [-0.3, -0.25) is 0 Å². The molecule has 0 aromatic carbocycles. The van der Waals surface area contributed by atoms with Crippen molar-refractivity contribution in [2.75, 3.05) is 7.11 Å². The van der Waals surface area contributed by atoms with E-state index in [0.717, 1.165) is 22.3 Å². The van der Waals surface area contributed by atoms with Crippen LogP contribution in [0.4, 0.5) is 0 Å². The van der Waals surface area contributed by atoms with Gasteiger partial charge in [-0.25, -0.2) is 9.59 Å². The Hall–Kier alpha value is -3.92. The molecule has 0 fully saturated rings. The number of methoxy groups -OCH3 is 1. The predicted octanol–water partition coefficient (Wildman–Crippen LogP) is 7.70. The molecule has 0 aromatic heterocycles. The van der Waals surface area contributed by atoms with Gasteiger partial charge in [-0.15, -0.1) is 0 Å². The number of carbonyl (C=O) groups excluding carboxylic acids is 1. The molecule has 4 heteroatoms. The molecule has 1 N–H and O–H groups in total. The molecule has 0 bridgehead atoms. The van der Waals surface area contributed by atoms with Crippen LogP contribution in [0.5, 0.6) is 0 Å². The molecule has 4 nitrogen and oxygen atoms in total. The van der Waals surface area contributed by atoms with Crippen molar-refractivity contribution in [3.05, 3.63) is 131 Å². The lowest BCUT2D eigenvalue weighted by Crippen LogP contribution is -2.00. The summed E-state index contributed by atoms with van der Waals surface area (Å²) in [5, 5.41) is 8.82. The van der Waals surface area contributed by atoms with Crippen LogP contribution in [-0.4, -0.2) is 24.2 Å². The zero-order valence-electron chi connectivity index (χ0n) is 21.9. The van der Waals surface area contributed by atoms with Crippen LogP contribution in [0.25, 0.3) is 0 Å². The van der Waals surface area contributed by atoms with Gasteiger partial charge in [-0.1, -0.05) is 120 Å². The summed E-state index contributed by atoms with van der Waals surface area (Å²) in [6.45, 7) is 11.3. The summed E-state index contributed by atoms with van der Waals surface area (Å²) < 4.78 is 4.66. The van der Waals surface area contributed by atoms with Crippen molar-refractivity contribution < 1.29 is 19.4 Å². The van der Waals surface area contributed by atoms with Gasteiger partial charge in [0.15, 0.2) is 0 Å². The number of carboxylic acid groups (broad SMARTS) is 1. The lowest BCUT2D eigenvalue weighted by Gasteiger charge is -1.95. The smallest absolute Gasteiger partial charge is 0.333 e. The number of rotatable bonds is 12. The second kappa shape index (κ2) is 18.5. The van der Waals surface area contributed by atoms with Crippen LogP contribution in [0.15, 0.2) is 131 Å². The van der Waals surface area contributed by atoms with Crippen LogP contribution in [0.1, 0.15) is 41.5 Å². The fraction of sp³-hybridized carbons (Fsp3) is 0.226. The third kappa shape index (κ3) is 17.3. The number of carbonyl (C=O) groups is 2. The van der Waals surface area contributed by atoms with Gasteiger partial charge in [-0.05, 0) is 41.5 Å². The van der Waals surface area contributed by atoms with Crippen molar-refractivity contribution in [2.45, 2.75) is 41.5 Å². The Kier molecular flexibility index (Phi) is 16.4. The highest BCUT2D eigenvalue weighted by Gasteiger charge is 1.99. The molecule has 0 unspecified atom stereocenters. The van der Waals surface area contributed by atoms with E-state index in [2.05, 4.69) is 4.74 Å². The number of hydrogen-bond donors (Lipinski definition) is 1. The summed E-state index contributed by atoms with van der Waals surface area (Å²) in [7, 11) is 1.37. The Morgan fingerprint density at radius 1 is 0.514 bits per heavy atom. The monoisotopic (exact) mass is 474 g/mol. The number of hydrogen-bond acceptors (Lipinski definition) is 3. The molecule has 0 saturated heterocycles. The lowest BCUT2D eigenvalue weighted by atomic mass is 10.2. The minimum absolute atomic E-state index is 0.301. The minimum Gasteiger partial charge on any atom is -0.478 e. The number of allylic oxidation sites excluding steroid dienone is 20.